The fourth-order valence-electron chi connectivity index (χ4n) is 3.45. The molecular weight excluding hydrogens is 326 g/mol. The number of thiophene rings is 1. The van der Waals surface area contributed by atoms with Crippen molar-refractivity contribution in [2.45, 2.75) is 45.2 Å². The topological polar surface area (TPSA) is 60.9 Å². The molecule has 130 valence electrons. The standard InChI is InChI=1S/C17H23N3O3S/c1-2-18-9-10-19(16(22)15(18)21)17(23)20(13-6-3-4-7-13)12-14-8-5-11-24-14/h5,8,11,13H,2-4,6-7,9-10,12H2,1H3. The highest BCUT2D eigenvalue weighted by molar-refractivity contribution is 7.09. The molecule has 24 heavy (non-hydrogen) atoms. The van der Waals surface area contributed by atoms with E-state index in [2.05, 4.69) is 0 Å². The minimum Gasteiger partial charge on any atom is -0.333 e. The molecule has 1 saturated carbocycles. The zero-order valence-electron chi connectivity index (χ0n) is 13.9. The summed E-state index contributed by atoms with van der Waals surface area (Å²) in [5.41, 5.74) is 0. The van der Waals surface area contributed by atoms with Gasteiger partial charge < -0.3 is 9.80 Å². The molecule has 1 aromatic rings. The first-order valence-electron chi connectivity index (χ1n) is 8.55. The molecular formula is C17H23N3O3S. The highest BCUT2D eigenvalue weighted by Crippen LogP contribution is 2.27. The first-order chi connectivity index (χ1) is 11.6. The Bertz CT molecular complexity index is 611. The number of carbonyl (C=O) groups is 3. The van der Waals surface area contributed by atoms with Crippen LogP contribution in [-0.2, 0) is 16.1 Å². The zero-order valence-corrected chi connectivity index (χ0v) is 14.8. The molecule has 1 aliphatic carbocycles. The molecule has 0 unspecified atom stereocenters. The van der Waals surface area contributed by atoms with Gasteiger partial charge in [0.15, 0.2) is 0 Å². The number of carbonyl (C=O) groups excluding carboxylic acids is 3. The Morgan fingerprint density at radius 3 is 2.62 bits per heavy atom. The summed E-state index contributed by atoms with van der Waals surface area (Å²) in [4.78, 5) is 43.0. The zero-order chi connectivity index (χ0) is 17.1. The van der Waals surface area contributed by atoms with Crippen LogP contribution in [0.1, 0.15) is 37.5 Å². The quantitative estimate of drug-likeness (QED) is 0.784. The van der Waals surface area contributed by atoms with E-state index >= 15 is 0 Å². The smallest absolute Gasteiger partial charge is 0.327 e. The molecule has 2 aliphatic rings. The van der Waals surface area contributed by atoms with E-state index in [-0.39, 0.29) is 18.6 Å². The van der Waals surface area contributed by atoms with Crippen molar-refractivity contribution in [1.29, 1.82) is 0 Å². The van der Waals surface area contributed by atoms with E-state index in [4.69, 9.17) is 0 Å². The molecule has 0 spiro atoms. The summed E-state index contributed by atoms with van der Waals surface area (Å²) in [6.07, 6.45) is 4.15. The summed E-state index contributed by atoms with van der Waals surface area (Å²) < 4.78 is 0. The molecule has 2 heterocycles. The van der Waals surface area contributed by atoms with Gasteiger partial charge in [0.05, 0.1) is 6.54 Å². The van der Waals surface area contributed by atoms with Crippen molar-refractivity contribution in [3.05, 3.63) is 22.4 Å². The maximum Gasteiger partial charge on any atom is 0.327 e. The first-order valence-corrected chi connectivity index (χ1v) is 9.43. The van der Waals surface area contributed by atoms with Gasteiger partial charge in [-0.25, -0.2) is 4.79 Å². The largest absolute Gasteiger partial charge is 0.333 e. The summed E-state index contributed by atoms with van der Waals surface area (Å²) in [6, 6.07) is 3.81. The van der Waals surface area contributed by atoms with Crippen molar-refractivity contribution >= 4 is 29.2 Å². The van der Waals surface area contributed by atoms with Gasteiger partial charge >= 0.3 is 17.8 Å². The van der Waals surface area contributed by atoms with Crippen LogP contribution in [0.3, 0.4) is 0 Å². The van der Waals surface area contributed by atoms with Crippen LogP contribution in [0.2, 0.25) is 0 Å². The Labute approximate surface area is 146 Å². The number of urea groups is 1. The van der Waals surface area contributed by atoms with Crippen LogP contribution in [0.25, 0.3) is 0 Å². The second-order valence-corrected chi connectivity index (χ2v) is 7.30. The average Bonchev–Trinajstić information content (AvgIpc) is 3.28. The summed E-state index contributed by atoms with van der Waals surface area (Å²) in [5, 5.41) is 1.99. The normalized spacial score (nSPS) is 19.2. The van der Waals surface area contributed by atoms with Crippen molar-refractivity contribution in [2.24, 2.45) is 0 Å². The van der Waals surface area contributed by atoms with Gasteiger partial charge in [-0.1, -0.05) is 18.9 Å². The summed E-state index contributed by atoms with van der Waals surface area (Å²) in [5.74, 6) is -1.26. The van der Waals surface area contributed by atoms with E-state index in [0.29, 0.717) is 19.6 Å². The average molecular weight is 349 g/mol. The molecule has 7 heteroatoms. The lowest BCUT2D eigenvalue weighted by Gasteiger charge is -2.37. The van der Waals surface area contributed by atoms with Crippen LogP contribution < -0.4 is 0 Å². The highest BCUT2D eigenvalue weighted by Gasteiger charge is 2.39. The number of piperazine rings is 1. The van der Waals surface area contributed by atoms with Gasteiger partial charge in [-0.15, -0.1) is 11.3 Å². The molecule has 0 N–H and O–H groups in total. The lowest BCUT2D eigenvalue weighted by atomic mass is 10.2. The SMILES string of the molecule is CCN1CCN(C(=O)N(Cc2cccs2)C2CCCC2)C(=O)C1=O. The minimum absolute atomic E-state index is 0.159. The Kier molecular flexibility index (Phi) is 5.18. The van der Waals surface area contributed by atoms with E-state index in [0.717, 1.165) is 35.5 Å². The predicted molar refractivity (Wildman–Crippen MR) is 91.5 cm³/mol. The summed E-state index contributed by atoms with van der Waals surface area (Å²) in [7, 11) is 0. The molecule has 0 bridgehead atoms. The van der Waals surface area contributed by atoms with Crippen LogP contribution in [0, 0.1) is 0 Å². The van der Waals surface area contributed by atoms with Crippen LogP contribution in [0.4, 0.5) is 4.79 Å². The van der Waals surface area contributed by atoms with Crippen LogP contribution in [0.5, 0.6) is 0 Å². The second kappa shape index (κ2) is 7.34. The van der Waals surface area contributed by atoms with E-state index < -0.39 is 11.8 Å². The maximum atomic E-state index is 13.0. The van der Waals surface area contributed by atoms with E-state index in [1.54, 1.807) is 16.2 Å². The Morgan fingerprint density at radius 2 is 2.00 bits per heavy atom. The van der Waals surface area contributed by atoms with Crippen molar-refractivity contribution in [1.82, 2.24) is 14.7 Å². The highest BCUT2D eigenvalue weighted by atomic mass is 32.1. The Balaban J connectivity index is 1.77. The van der Waals surface area contributed by atoms with Gasteiger partial charge in [0.25, 0.3) is 0 Å². The Hall–Kier alpha value is -1.89. The number of hydrogen-bond acceptors (Lipinski definition) is 4. The van der Waals surface area contributed by atoms with Crippen molar-refractivity contribution in [2.75, 3.05) is 19.6 Å². The van der Waals surface area contributed by atoms with Gasteiger partial charge in [0.2, 0.25) is 0 Å². The summed E-state index contributed by atoms with van der Waals surface area (Å²) in [6.45, 7) is 3.55. The van der Waals surface area contributed by atoms with Crippen molar-refractivity contribution in [3.63, 3.8) is 0 Å². The third-order valence-electron chi connectivity index (χ3n) is 4.84. The van der Waals surface area contributed by atoms with Crippen molar-refractivity contribution in [3.8, 4) is 0 Å². The fraction of sp³-hybridized carbons (Fsp3) is 0.588. The third-order valence-corrected chi connectivity index (χ3v) is 5.70. The van der Waals surface area contributed by atoms with Gasteiger partial charge in [0, 0.05) is 30.6 Å². The molecule has 0 atom stereocenters. The van der Waals surface area contributed by atoms with E-state index in [1.807, 2.05) is 24.4 Å². The summed E-state index contributed by atoms with van der Waals surface area (Å²) >= 11 is 1.61. The van der Waals surface area contributed by atoms with Gasteiger partial charge in [-0.05, 0) is 31.2 Å². The molecule has 3 rings (SSSR count). The number of imide groups is 1. The van der Waals surface area contributed by atoms with Crippen LogP contribution >= 0.6 is 11.3 Å². The fourth-order valence-corrected chi connectivity index (χ4v) is 4.16. The number of likely N-dealkylation sites (N-methyl/N-ethyl adjacent to an activating group) is 1. The molecule has 0 radical (unpaired) electrons. The van der Waals surface area contributed by atoms with Gasteiger partial charge in [0.1, 0.15) is 0 Å². The number of hydrogen-bond donors (Lipinski definition) is 0. The molecule has 2 fully saturated rings. The predicted octanol–water partition coefficient (Wildman–Crippen LogP) is 2.30. The first kappa shape index (κ1) is 17.0. The minimum atomic E-state index is -0.692. The number of amides is 4. The Morgan fingerprint density at radius 1 is 1.25 bits per heavy atom. The molecule has 1 saturated heterocycles. The molecule has 0 aromatic carbocycles. The van der Waals surface area contributed by atoms with E-state index in [9.17, 15) is 14.4 Å². The molecule has 6 nitrogen and oxygen atoms in total. The molecule has 1 aliphatic heterocycles. The third kappa shape index (κ3) is 3.31. The molecule has 4 amide bonds. The second-order valence-electron chi connectivity index (χ2n) is 6.27. The van der Waals surface area contributed by atoms with E-state index in [1.165, 1.54) is 4.90 Å². The van der Waals surface area contributed by atoms with Crippen LogP contribution in [-0.4, -0.2) is 58.2 Å². The van der Waals surface area contributed by atoms with Crippen molar-refractivity contribution < 1.29 is 14.4 Å². The van der Waals surface area contributed by atoms with Gasteiger partial charge in [-0.3, -0.25) is 14.5 Å². The van der Waals surface area contributed by atoms with Gasteiger partial charge in [-0.2, -0.15) is 0 Å². The monoisotopic (exact) mass is 349 g/mol. The number of nitrogens with zero attached hydrogens (tertiary/aromatic N) is 3. The van der Waals surface area contributed by atoms with Crippen LogP contribution in [0.15, 0.2) is 17.5 Å². The lowest BCUT2D eigenvalue weighted by molar-refractivity contribution is -0.154. The molecule has 1 aromatic heterocycles. The lowest BCUT2D eigenvalue weighted by Crippen LogP contribution is -2.59. The number of rotatable bonds is 4. The maximum absolute atomic E-state index is 13.0.